The number of hydrogen-bond acceptors (Lipinski definition) is 5. The molecule has 6 nitrogen and oxygen atoms in total. The lowest BCUT2D eigenvalue weighted by Gasteiger charge is -2.38. The summed E-state index contributed by atoms with van der Waals surface area (Å²) in [5.74, 6) is 0. The van der Waals surface area contributed by atoms with Crippen LogP contribution in [0.1, 0.15) is 5.69 Å². The first-order valence-electron chi connectivity index (χ1n) is 9.23. The maximum absolute atomic E-state index is 12.6. The standard InChI is InChI=1S/C19H23ClN4O2S/c20-16-3-1-15(2-4-16)18-21-17(14-27-18)13-22-5-7-23(8-6-22)19(25)24-9-11-26-12-10-24/h1-4,14H,5-13H2. The molecule has 2 amide bonds. The Labute approximate surface area is 168 Å². The Bertz CT molecular complexity index is 768. The number of nitrogens with zero attached hydrogens (tertiary/aromatic N) is 4. The van der Waals surface area contributed by atoms with E-state index in [0.717, 1.165) is 54.0 Å². The van der Waals surface area contributed by atoms with Crippen LogP contribution in [0.3, 0.4) is 0 Å². The lowest BCUT2D eigenvalue weighted by Crippen LogP contribution is -2.54. The van der Waals surface area contributed by atoms with Gasteiger partial charge in [-0.15, -0.1) is 11.3 Å². The van der Waals surface area contributed by atoms with E-state index in [0.29, 0.717) is 26.3 Å². The van der Waals surface area contributed by atoms with Gasteiger partial charge in [-0.1, -0.05) is 23.7 Å². The van der Waals surface area contributed by atoms with Gasteiger partial charge < -0.3 is 14.5 Å². The molecule has 3 heterocycles. The van der Waals surface area contributed by atoms with Crippen LogP contribution >= 0.6 is 22.9 Å². The van der Waals surface area contributed by atoms with E-state index in [-0.39, 0.29) is 6.03 Å². The molecule has 2 fully saturated rings. The van der Waals surface area contributed by atoms with Crippen molar-refractivity contribution < 1.29 is 9.53 Å². The molecule has 27 heavy (non-hydrogen) atoms. The number of piperazine rings is 1. The quantitative estimate of drug-likeness (QED) is 0.786. The number of amides is 2. The lowest BCUT2D eigenvalue weighted by molar-refractivity contribution is 0.0372. The fraction of sp³-hybridized carbons (Fsp3) is 0.474. The van der Waals surface area contributed by atoms with Crippen molar-refractivity contribution >= 4 is 29.0 Å². The average molecular weight is 407 g/mol. The zero-order valence-electron chi connectivity index (χ0n) is 15.1. The summed E-state index contributed by atoms with van der Waals surface area (Å²) in [6.07, 6.45) is 0. The Morgan fingerprint density at radius 3 is 2.41 bits per heavy atom. The number of carbonyl (C=O) groups is 1. The summed E-state index contributed by atoms with van der Waals surface area (Å²) in [6, 6.07) is 7.93. The average Bonchev–Trinajstić information content (AvgIpc) is 3.18. The first-order chi connectivity index (χ1) is 13.2. The molecule has 2 aliphatic rings. The first kappa shape index (κ1) is 18.7. The van der Waals surface area contributed by atoms with Crippen LogP contribution in [0.4, 0.5) is 4.79 Å². The zero-order valence-corrected chi connectivity index (χ0v) is 16.7. The number of thiazole rings is 1. The van der Waals surface area contributed by atoms with Crippen LogP contribution < -0.4 is 0 Å². The van der Waals surface area contributed by atoms with Gasteiger partial charge in [-0.05, 0) is 12.1 Å². The number of aromatic nitrogens is 1. The van der Waals surface area contributed by atoms with Gasteiger partial charge in [0.1, 0.15) is 5.01 Å². The van der Waals surface area contributed by atoms with Gasteiger partial charge in [-0.2, -0.15) is 0 Å². The van der Waals surface area contributed by atoms with Crippen LogP contribution in [-0.4, -0.2) is 78.2 Å². The Balaban J connectivity index is 1.29. The minimum absolute atomic E-state index is 0.150. The molecule has 0 saturated carbocycles. The molecule has 2 aliphatic heterocycles. The number of rotatable bonds is 3. The molecular formula is C19H23ClN4O2S. The van der Waals surface area contributed by atoms with Crippen molar-refractivity contribution in [2.24, 2.45) is 0 Å². The van der Waals surface area contributed by atoms with Crippen LogP contribution in [0.2, 0.25) is 5.02 Å². The van der Waals surface area contributed by atoms with Crippen molar-refractivity contribution in [3.8, 4) is 10.6 Å². The molecular weight excluding hydrogens is 384 g/mol. The highest BCUT2D eigenvalue weighted by Gasteiger charge is 2.26. The van der Waals surface area contributed by atoms with Gasteiger partial charge in [0, 0.05) is 61.8 Å². The number of morpholine rings is 1. The second-order valence-electron chi connectivity index (χ2n) is 6.80. The molecule has 0 radical (unpaired) electrons. The van der Waals surface area contributed by atoms with Crippen LogP contribution in [-0.2, 0) is 11.3 Å². The van der Waals surface area contributed by atoms with Gasteiger partial charge in [0.2, 0.25) is 0 Å². The number of halogens is 1. The summed E-state index contributed by atoms with van der Waals surface area (Å²) in [5, 5.41) is 3.87. The minimum Gasteiger partial charge on any atom is -0.378 e. The molecule has 144 valence electrons. The third kappa shape index (κ3) is 4.60. The normalized spacial score (nSPS) is 18.7. The summed E-state index contributed by atoms with van der Waals surface area (Å²) in [7, 11) is 0. The summed E-state index contributed by atoms with van der Waals surface area (Å²) in [6.45, 7) is 6.81. The monoisotopic (exact) mass is 406 g/mol. The second-order valence-corrected chi connectivity index (χ2v) is 8.09. The van der Waals surface area contributed by atoms with Gasteiger partial charge in [0.25, 0.3) is 0 Å². The predicted molar refractivity (Wildman–Crippen MR) is 107 cm³/mol. The minimum atomic E-state index is 0.150. The maximum Gasteiger partial charge on any atom is 0.320 e. The zero-order chi connectivity index (χ0) is 18.6. The SMILES string of the molecule is O=C(N1CCOCC1)N1CCN(Cc2csc(-c3ccc(Cl)cc3)n2)CC1. The molecule has 1 aromatic carbocycles. The van der Waals surface area contributed by atoms with E-state index in [4.69, 9.17) is 21.3 Å². The molecule has 0 unspecified atom stereocenters. The van der Waals surface area contributed by atoms with Crippen molar-refractivity contribution in [2.45, 2.75) is 6.54 Å². The summed E-state index contributed by atoms with van der Waals surface area (Å²) < 4.78 is 5.33. The van der Waals surface area contributed by atoms with E-state index in [9.17, 15) is 4.79 Å². The van der Waals surface area contributed by atoms with Gasteiger partial charge in [-0.3, -0.25) is 4.90 Å². The Kier molecular flexibility index (Phi) is 5.92. The number of urea groups is 1. The fourth-order valence-corrected chi connectivity index (χ4v) is 4.33. The highest BCUT2D eigenvalue weighted by Crippen LogP contribution is 2.25. The topological polar surface area (TPSA) is 48.9 Å². The predicted octanol–water partition coefficient (Wildman–Crippen LogP) is 3.03. The fourth-order valence-electron chi connectivity index (χ4n) is 3.39. The molecule has 8 heteroatoms. The van der Waals surface area contributed by atoms with E-state index in [1.54, 1.807) is 11.3 Å². The Morgan fingerprint density at radius 2 is 1.70 bits per heavy atom. The van der Waals surface area contributed by atoms with Crippen molar-refractivity contribution in [1.82, 2.24) is 19.7 Å². The van der Waals surface area contributed by atoms with Gasteiger partial charge in [0.05, 0.1) is 18.9 Å². The van der Waals surface area contributed by atoms with E-state index in [2.05, 4.69) is 10.3 Å². The molecule has 0 atom stereocenters. The molecule has 0 bridgehead atoms. The molecule has 1 aromatic heterocycles. The Hall–Kier alpha value is -1.67. The molecule has 0 spiro atoms. The van der Waals surface area contributed by atoms with Crippen molar-refractivity contribution in [2.75, 3.05) is 52.5 Å². The van der Waals surface area contributed by atoms with Crippen LogP contribution in [0.15, 0.2) is 29.6 Å². The van der Waals surface area contributed by atoms with Crippen LogP contribution in [0.5, 0.6) is 0 Å². The maximum atomic E-state index is 12.6. The smallest absolute Gasteiger partial charge is 0.320 e. The van der Waals surface area contributed by atoms with Gasteiger partial charge >= 0.3 is 6.03 Å². The van der Waals surface area contributed by atoms with Crippen LogP contribution in [0, 0.1) is 0 Å². The number of benzene rings is 1. The second kappa shape index (κ2) is 8.56. The van der Waals surface area contributed by atoms with E-state index in [1.165, 1.54) is 0 Å². The number of hydrogen-bond donors (Lipinski definition) is 0. The number of carbonyl (C=O) groups excluding carboxylic acids is 1. The molecule has 4 rings (SSSR count). The van der Waals surface area contributed by atoms with E-state index in [1.807, 2.05) is 34.1 Å². The van der Waals surface area contributed by atoms with Gasteiger partial charge in [0.15, 0.2) is 0 Å². The molecule has 2 saturated heterocycles. The van der Waals surface area contributed by atoms with Crippen molar-refractivity contribution in [1.29, 1.82) is 0 Å². The third-order valence-electron chi connectivity index (χ3n) is 4.95. The first-order valence-corrected chi connectivity index (χ1v) is 10.5. The van der Waals surface area contributed by atoms with Gasteiger partial charge in [-0.25, -0.2) is 9.78 Å². The molecule has 2 aromatic rings. The van der Waals surface area contributed by atoms with E-state index >= 15 is 0 Å². The van der Waals surface area contributed by atoms with Crippen molar-refractivity contribution in [3.63, 3.8) is 0 Å². The molecule has 0 aliphatic carbocycles. The highest BCUT2D eigenvalue weighted by atomic mass is 35.5. The Morgan fingerprint density at radius 1 is 1.04 bits per heavy atom. The molecule has 0 N–H and O–H groups in total. The van der Waals surface area contributed by atoms with Crippen LogP contribution in [0.25, 0.3) is 10.6 Å². The highest BCUT2D eigenvalue weighted by molar-refractivity contribution is 7.13. The largest absolute Gasteiger partial charge is 0.378 e. The number of ether oxygens (including phenoxy) is 1. The summed E-state index contributed by atoms with van der Waals surface area (Å²) in [5.41, 5.74) is 2.18. The van der Waals surface area contributed by atoms with Crippen molar-refractivity contribution in [3.05, 3.63) is 40.4 Å². The summed E-state index contributed by atoms with van der Waals surface area (Å²) in [4.78, 5) is 23.5. The third-order valence-corrected chi connectivity index (χ3v) is 6.15. The van der Waals surface area contributed by atoms with E-state index < -0.39 is 0 Å². The lowest BCUT2D eigenvalue weighted by atomic mass is 10.2. The summed E-state index contributed by atoms with van der Waals surface area (Å²) >= 11 is 7.61.